The minimum atomic E-state index is -0.997. The molecule has 1 aromatic rings. The fourth-order valence-corrected chi connectivity index (χ4v) is 2.06. The number of likely N-dealkylation sites (N-methyl/N-ethyl adjacent to an activating group) is 1. The number of hydrogen-bond acceptors (Lipinski definition) is 6. The van der Waals surface area contributed by atoms with Crippen molar-refractivity contribution in [1.29, 1.82) is 5.26 Å². The number of carbonyl (C=O) groups excluding carboxylic acids is 3. The SMILES string of the molecule is C[C@H](OC(=O)c1cccc(NC(=O)OC(C)(C)C)c1)C(=O)N(C)CCC#N. The van der Waals surface area contributed by atoms with E-state index in [0.29, 0.717) is 5.69 Å². The molecule has 27 heavy (non-hydrogen) atoms. The summed E-state index contributed by atoms with van der Waals surface area (Å²) in [5, 5.41) is 11.1. The maximum Gasteiger partial charge on any atom is 0.412 e. The largest absolute Gasteiger partial charge is 0.449 e. The van der Waals surface area contributed by atoms with E-state index in [0.717, 1.165) is 0 Å². The van der Waals surface area contributed by atoms with Crippen LogP contribution in [0.3, 0.4) is 0 Å². The quantitative estimate of drug-likeness (QED) is 0.766. The summed E-state index contributed by atoms with van der Waals surface area (Å²) >= 11 is 0. The van der Waals surface area contributed by atoms with E-state index in [2.05, 4.69) is 5.32 Å². The molecule has 146 valence electrons. The number of nitrogens with one attached hydrogen (secondary N) is 1. The zero-order valence-electron chi connectivity index (χ0n) is 16.2. The third kappa shape index (κ3) is 7.77. The van der Waals surface area contributed by atoms with Gasteiger partial charge in [0, 0.05) is 19.3 Å². The summed E-state index contributed by atoms with van der Waals surface area (Å²) in [5.41, 5.74) is -0.0970. The highest BCUT2D eigenvalue weighted by atomic mass is 16.6. The summed E-state index contributed by atoms with van der Waals surface area (Å²) in [5.74, 6) is -1.10. The predicted octanol–water partition coefficient (Wildman–Crippen LogP) is 2.95. The fourth-order valence-electron chi connectivity index (χ4n) is 2.06. The summed E-state index contributed by atoms with van der Waals surface area (Å²) in [7, 11) is 1.54. The van der Waals surface area contributed by atoms with E-state index in [4.69, 9.17) is 14.7 Å². The van der Waals surface area contributed by atoms with Crippen LogP contribution in [0.2, 0.25) is 0 Å². The second-order valence-corrected chi connectivity index (χ2v) is 6.92. The fraction of sp³-hybridized carbons (Fsp3) is 0.474. The minimum absolute atomic E-state index is 0.183. The Morgan fingerprint density at radius 3 is 2.56 bits per heavy atom. The molecule has 1 aromatic carbocycles. The monoisotopic (exact) mass is 375 g/mol. The number of benzene rings is 1. The number of hydrogen-bond donors (Lipinski definition) is 1. The Kier molecular flexibility index (Phi) is 7.79. The number of anilines is 1. The van der Waals surface area contributed by atoms with Crippen molar-refractivity contribution >= 4 is 23.7 Å². The van der Waals surface area contributed by atoms with Crippen LogP contribution in [0.5, 0.6) is 0 Å². The van der Waals surface area contributed by atoms with E-state index in [1.54, 1.807) is 32.9 Å². The summed E-state index contributed by atoms with van der Waals surface area (Å²) in [6, 6.07) is 8.08. The lowest BCUT2D eigenvalue weighted by molar-refractivity contribution is -0.138. The Balaban J connectivity index is 2.72. The highest BCUT2D eigenvalue weighted by molar-refractivity contribution is 5.94. The average molecular weight is 375 g/mol. The van der Waals surface area contributed by atoms with E-state index in [1.807, 2.05) is 6.07 Å². The molecule has 8 nitrogen and oxygen atoms in total. The van der Waals surface area contributed by atoms with E-state index in [-0.39, 0.29) is 18.5 Å². The zero-order valence-corrected chi connectivity index (χ0v) is 16.2. The van der Waals surface area contributed by atoms with Gasteiger partial charge in [-0.25, -0.2) is 9.59 Å². The van der Waals surface area contributed by atoms with Gasteiger partial charge in [0.05, 0.1) is 18.1 Å². The molecule has 1 rings (SSSR count). The first-order valence-electron chi connectivity index (χ1n) is 8.46. The molecule has 8 heteroatoms. The van der Waals surface area contributed by atoms with Gasteiger partial charge in [0.25, 0.3) is 5.91 Å². The number of nitriles is 1. The van der Waals surface area contributed by atoms with Crippen LogP contribution in [0, 0.1) is 11.3 Å². The molecule has 0 aliphatic heterocycles. The highest BCUT2D eigenvalue weighted by Gasteiger charge is 2.22. The van der Waals surface area contributed by atoms with Gasteiger partial charge in [-0.15, -0.1) is 0 Å². The number of ether oxygens (including phenoxy) is 2. The van der Waals surface area contributed by atoms with Crippen LogP contribution in [0.25, 0.3) is 0 Å². The molecular formula is C19H25N3O5. The summed E-state index contributed by atoms with van der Waals surface area (Å²) in [6.45, 7) is 6.95. The van der Waals surface area contributed by atoms with Gasteiger partial charge in [0.15, 0.2) is 6.10 Å². The lowest BCUT2D eigenvalue weighted by atomic mass is 10.2. The van der Waals surface area contributed by atoms with Crippen LogP contribution in [0.4, 0.5) is 10.5 Å². The van der Waals surface area contributed by atoms with Gasteiger partial charge < -0.3 is 14.4 Å². The Morgan fingerprint density at radius 2 is 1.96 bits per heavy atom. The third-order valence-electron chi connectivity index (χ3n) is 3.31. The third-order valence-corrected chi connectivity index (χ3v) is 3.31. The molecule has 0 radical (unpaired) electrons. The van der Waals surface area contributed by atoms with Crippen LogP contribution in [-0.2, 0) is 14.3 Å². The smallest absolute Gasteiger partial charge is 0.412 e. The topological polar surface area (TPSA) is 109 Å². The maximum atomic E-state index is 12.3. The number of nitrogens with zero attached hydrogens (tertiary/aromatic N) is 2. The molecule has 0 fully saturated rings. The Labute approximate surface area is 159 Å². The number of amides is 2. The van der Waals surface area contributed by atoms with Crippen molar-refractivity contribution < 1.29 is 23.9 Å². The van der Waals surface area contributed by atoms with Crippen molar-refractivity contribution in [2.24, 2.45) is 0 Å². The van der Waals surface area contributed by atoms with Gasteiger partial charge in [-0.2, -0.15) is 5.26 Å². The first-order chi connectivity index (χ1) is 12.5. The maximum absolute atomic E-state index is 12.3. The molecule has 0 spiro atoms. The normalized spacial score (nSPS) is 11.7. The molecule has 2 amide bonds. The standard InChI is InChI=1S/C19H25N3O5/c1-13(16(23)22(5)11-7-10-20)26-17(24)14-8-6-9-15(12-14)21-18(25)27-19(2,3)4/h6,8-9,12-13H,7,11H2,1-5H3,(H,21,25)/t13-/m0/s1. The molecule has 0 saturated heterocycles. The van der Waals surface area contributed by atoms with Gasteiger partial charge >= 0.3 is 12.1 Å². The van der Waals surface area contributed by atoms with Gasteiger partial charge in [-0.1, -0.05) is 6.07 Å². The van der Waals surface area contributed by atoms with E-state index >= 15 is 0 Å². The van der Waals surface area contributed by atoms with Crippen molar-refractivity contribution in [3.05, 3.63) is 29.8 Å². The number of esters is 1. The van der Waals surface area contributed by atoms with E-state index < -0.39 is 29.7 Å². The summed E-state index contributed by atoms with van der Waals surface area (Å²) in [4.78, 5) is 37.6. The molecule has 0 aliphatic rings. The molecule has 0 aromatic heterocycles. The molecular weight excluding hydrogens is 350 g/mol. The second kappa shape index (κ2) is 9.57. The van der Waals surface area contributed by atoms with Gasteiger partial charge in [-0.05, 0) is 45.9 Å². The molecule has 0 heterocycles. The van der Waals surface area contributed by atoms with E-state index in [9.17, 15) is 14.4 Å². The molecule has 1 N–H and O–H groups in total. The first kappa shape index (κ1) is 22.0. The Morgan fingerprint density at radius 1 is 1.30 bits per heavy atom. The van der Waals surface area contributed by atoms with Crippen molar-refractivity contribution in [3.63, 3.8) is 0 Å². The summed E-state index contributed by atoms with van der Waals surface area (Å²) < 4.78 is 10.3. The molecule has 0 bridgehead atoms. The van der Waals surface area contributed by atoms with Crippen molar-refractivity contribution in [2.45, 2.75) is 45.8 Å². The molecule has 1 atom stereocenters. The van der Waals surface area contributed by atoms with Crippen LogP contribution < -0.4 is 5.32 Å². The van der Waals surface area contributed by atoms with Gasteiger partial charge in [-0.3, -0.25) is 10.1 Å². The molecule has 0 aliphatic carbocycles. The first-order valence-corrected chi connectivity index (χ1v) is 8.46. The van der Waals surface area contributed by atoms with Gasteiger partial charge in [0.1, 0.15) is 5.60 Å². The Bertz CT molecular complexity index is 734. The van der Waals surface area contributed by atoms with Gasteiger partial charge in [0.2, 0.25) is 0 Å². The minimum Gasteiger partial charge on any atom is -0.449 e. The Hall–Kier alpha value is -3.08. The van der Waals surface area contributed by atoms with Crippen LogP contribution >= 0.6 is 0 Å². The molecule has 0 unspecified atom stereocenters. The second-order valence-electron chi connectivity index (χ2n) is 6.92. The van der Waals surface area contributed by atoms with Crippen LogP contribution in [0.15, 0.2) is 24.3 Å². The lowest BCUT2D eigenvalue weighted by Crippen LogP contribution is -2.37. The van der Waals surface area contributed by atoms with Crippen molar-refractivity contribution in [3.8, 4) is 6.07 Å². The van der Waals surface area contributed by atoms with Crippen molar-refractivity contribution in [2.75, 3.05) is 18.9 Å². The van der Waals surface area contributed by atoms with Crippen LogP contribution in [-0.4, -0.2) is 48.2 Å². The van der Waals surface area contributed by atoms with Crippen LogP contribution in [0.1, 0.15) is 44.5 Å². The number of carbonyl (C=O) groups is 3. The highest BCUT2D eigenvalue weighted by Crippen LogP contribution is 2.15. The zero-order chi connectivity index (χ0) is 20.6. The average Bonchev–Trinajstić information content (AvgIpc) is 2.57. The van der Waals surface area contributed by atoms with E-state index in [1.165, 1.54) is 31.0 Å². The molecule has 0 saturated carbocycles. The van der Waals surface area contributed by atoms with Crippen molar-refractivity contribution in [1.82, 2.24) is 4.90 Å². The predicted molar refractivity (Wildman–Crippen MR) is 99.0 cm³/mol. The lowest BCUT2D eigenvalue weighted by Gasteiger charge is -2.21. The summed E-state index contributed by atoms with van der Waals surface area (Å²) in [6.07, 6.45) is -1.44. The number of rotatable bonds is 6.